The maximum absolute atomic E-state index is 13.3. The molecule has 1 N–H and O–H groups in total. The van der Waals surface area contributed by atoms with E-state index < -0.39 is 5.41 Å². The number of aromatic nitrogens is 1. The fourth-order valence-electron chi connectivity index (χ4n) is 4.98. The van der Waals surface area contributed by atoms with E-state index in [4.69, 9.17) is 0 Å². The number of aromatic amines is 1. The first kappa shape index (κ1) is 22.1. The molecule has 3 nitrogen and oxygen atoms in total. The van der Waals surface area contributed by atoms with Crippen molar-refractivity contribution in [2.75, 3.05) is 13.1 Å². The van der Waals surface area contributed by atoms with Crippen LogP contribution in [0.4, 0.5) is 0 Å². The number of fused-ring (bicyclic) bond motifs is 1. The molecule has 1 saturated heterocycles. The summed E-state index contributed by atoms with van der Waals surface area (Å²) >= 11 is 3.82. The number of aryl methyl sites for hydroxylation is 3. The van der Waals surface area contributed by atoms with Gasteiger partial charge in [0.25, 0.3) is 0 Å². The van der Waals surface area contributed by atoms with Crippen LogP contribution in [-0.2, 0) is 16.6 Å². The fraction of sp³-hybridized carbons (Fsp3) is 0.444. The summed E-state index contributed by atoms with van der Waals surface area (Å²) in [5.41, 5.74) is 7.96. The van der Waals surface area contributed by atoms with Gasteiger partial charge >= 0.3 is 0 Å². The summed E-state index contributed by atoms with van der Waals surface area (Å²) in [6.45, 7) is 12.4. The first-order valence-corrected chi connectivity index (χ1v) is 12.2. The second-order valence-electron chi connectivity index (χ2n) is 9.61. The van der Waals surface area contributed by atoms with Gasteiger partial charge in [0, 0.05) is 28.6 Å². The van der Waals surface area contributed by atoms with Crippen molar-refractivity contribution in [1.82, 2.24) is 9.88 Å². The number of carbonyl (C=O) groups excluding carboxylic acids is 1. The van der Waals surface area contributed by atoms with E-state index in [2.05, 4.69) is 85.9 Å². The summed E-state index contributed by atoms with van der Waals surface area (Å²) in [6, 6.07) is 11.1. The summed E-state index contributed by atoms with van der Waals surface area (Å²) in [5.74, 6) is 0.235. The van der Waals surface area contributed by atoms with Gasteiger partial charge in [-0.2, -0.15) is 0 Å². The number of hydrogen-bond donors (Lipinski definition) is 1. The van der Waals surface area contributed by atoms with Crippen molar-refractivity contribution < 1.29 is 4.79 Å². The molecule has 1 amide bonds. The van der Waals surface area contributed by atoms with Gasteiger partial charge in [0.1, 0.15) is 0 Å². The van der Waals surface area contributed by atoms with Crippen molar-refractivity contribution in [3.63, 3.8) is 0 Å². The molecule has 0 unspecified atom stereocenters. The van der Waals surface area contributed by atoms with E-state index in [1.54, 1.807) is 0 Å². The van der Waals surface area contributed by atoms with Crippen molar-refractivity contribution in [3.8, 4) is 11.3 Å². The van der Waals surface area contributed by atoms with Crippen molar-refractivity contribution in [1.29, 1.82) is 0 Å². The lowest BCUT2D eigenvalue weighted by Crippen LogP contribution is -2.41. The molecule has 0 atom stereocenters. The lowest BCUT2D eigenvalue weighted by molar-refractivity contribution is -0.135. The maximum Gasteiger partial charge on any atom is 0.232 e. The van der Waals surface area contributed by atoms with Gasteiger partial charge in [0.05, 0.1) is 10.9 Å². The van der Waals surface area contributed by atoms with Crippen LogP contribution < -0.4 is 0 Å². The minimum absolute atomic E-state index is 0.235. The molecule has 164 valence electrons. The molecule has 0 radical (unpaired) electrons. The van der Waals surface area contributed by atoms with Crippen molar-refractivity contribution in [2.24, 2.45) is 0 Å². The smallest absolute Gasteiger partial charge is 0.232 e. The van der Waals surface area contributed by atoms with Gasteiger partial charge < -0.3 is 9.88 Å². The molecule has 4 rings (SSSR count). The van der Waals surface area contributed by atoms with Crippen LogP contribution >= 0.6 is 15.9 Å². The maximum atomic E-state index is 13.3. The predicted molar refractivity (Wildman–Crippen MR) is 134 cm³/mol. The van der Waals surface area contributed by atoms with Crippen LogP contribution in [0, 0.1) is 13.8 Å². The quantitative estimate of drug-likeness (QED) is 0.416. The standard InChI is InChI=1S/C27H33BrN2O/c1-6-9-21-22-15-20(27(4,5)26(31)30-10-7-8-11-30)16-23(28)25(22)29-24(21)19-13-17(2)12-18(3)14-19/h12-16,29H,6-11H2,1-5H3. The zero-order chi connectivity index (χ0) is 22.3. The van der Waals surface area contributed by atoms with Gasteiger partial charge in [0.15, 0.2) is 0 Å². The molecule has 1 aromatic heterocycles. The number of nitrogens with zero attached hydrogens (tertiary/aromatic N) is 1. The van der Waals surface area contributed by atoms with E-state index in [1.165, 1.54) is 33.3 Å². The van der Waals surface area contributed by atoms with Crippen LogP contribution in [0.15, 0.2) is 34.8 Å². The number of nitrogens with one attached hydrogen (secondary N) is 1. The zero-order valence-corrected chi connectivity index (χ0v) is 20.9. The number of amides is 1. The van der Waals surface area contributed by atoms with Crippen LogP contribution in [0.1, 0.15) is 62.3 Å². The molecule has 3 aromatic rings. The first-order chi connectivity index (χ1) is 14.7. The molecule has 2 heterocycles. The summed E-state index contributed by atoms with van der Waals surface area (Å²) in [7, 11) is 0. The number of benzene rings is 2. The van der Waals surface area contributed by atoms with Crippen molar-refractivity contribution in [3.05, 3.63) is 57.1 Å². The Kier molecular flexibility index (Phi) is 6.04. The van der Waals surface area contributed by atoms with Gasteiger partial charge in [-0.15, -0.1) is 0 Å². The third-order valence-electron chi connectivity index (χ3n) is 6.63. The Morgan fingerprint density at radius 3 is 2.32 bits per heavy atom. The first-order valence-electron chi connectivity index (χ1n) is 11.4. The number of halogens is 1. The Morgan fingerprint density at radius 1 is 1.06 bits per heavy atom. The predicted octanol–water partition coefficient (Wildman–Crippen LogP) is 7.07. The Morgan fingerprint density at radius 2 is 1.71 bits per heavy atom. The molecular formula is C27H33BrN2O. The highest BCUT2D eigenvalue weighted by atomic mass is 79.9. The lowest BCUT2D eigenvalue weighted by Gasteiger charge is -2.30. The number of hydrogen-bond acceptors (Lipinski definition) is 1. The van der Waals surface area contributed by atoms with Crippen LogP contribution in [-0.4, -0.2) is 28.9 Å². The number of likely N-dealkylation sites (tertiary alicyclic amines) is 1. The largest absolute Gasteiger partial charge is 0.353 e. The average Bonchev–Trinajstić information content (AvgIpc) is 3.36. The van der Waals surface area contributed by atoms with Gasteiger partial charge in [-0.3, -0.25) is 4.79 Å². The summed E-state index contributed by atoms with van der Waals surface area (Å²) in [5, 5.41) is 1.22. The highest BCUT2D eigenvalue weighted by molar-refractivity contribution is 9.10. The van der Waals surface area contributed by atoms with Gasteiger partial charge in [0.2, 0.25) is 5.91 Å². The van der Waals surface area contributed by atoms with E-state index in [0.29, 0.717) is 0 Å². The molecule has 0 spiro atoms. The average molecular weight is 481 g/mol. The van der Waals surface area contributed by atoms with Crippen LogP contribution in [0.25, 0.3) is 22.2 Å². The second kappa shape index (κ2) is 8.46. The summed E-state index contributed by atoms with van der Waals surface area (Å²) in [6.07, 6.45) is 4.30. The highest BCUT2D eigenvalue weighted by Gasteiger charge is 2.35. The van der Waals surface area contributed by atoms with Crippen LogP contribution in [0.3, 0.4) is 0 Å². The molecule has 2 aromatic carbocycles. The molecule has 31 heavy (non-hydrogen) atoms. The molecule has 0 bridgehead atoms. The fourth-order valence-corrected chi connectivity index (χ4v) is 5.54. The minimum Gasteiger partial charge on any atom is -0.353 e. The van der Waals surface area contributed by atoms with Gasteiger partial charge in [-0.05, 0) is 104 Å². The Bertz CT molecular complexity index is 1120. The van der Waals surface area contributed by atoms with Crippen LogP contribution in [0.5, 0.6) is 0 Å². The molecule has 0 saturated carbocycles. The third-order valence-corrected chi connectivity index (χ3v) is 7.25. The molecular weight excluding hydrogens is 448 g/mol. The topological polar surface area (TPSA) is 36.1 Å². The van der Waals surface area contributed by atoms with E-state index in [0.717, 1.165) is 54.3 Å². The van der Waals surface area contributed by atoms with E-state index >= 15 is 0 Å². The highest BCUT2D eigenvalue weighted by Crippen LogP contribution is 2.39. The second-order valence-corrected chi connectivity index (χ2v) is 10.5. The molecule has 1 aliphatic heterocycles. The third kappa shape index (κ3) is 4.07. The van der Waals surface area contributed by atoms with Crippen molar-refractivity contribution in [2.45, 2.75) is 65.7 Å². The van der Waals surface area contributed by atoms with Gasteiger partial charge in [-0.25, -0.2) is 0 Å². The summed E-state index contributed by atoms with van der Waals surface area (Å²) < 4.78 is 1.02. The Hall–Kier alpha value is -2.07. The number of H-pyrrole nitrogens is 1. The zero-order valence-electron chi connectivity index (χ0n) is 19.4. The monoisotopic (exact) mass is 480 g/mol. The lowest BCUT2D eigenvalue weighted by atomic mass is 9.82. The minimum atomic E-state index is -0.554. The number of rotatable bonds is 5. The molecule has 1 fully saturated rings. The SMILES string of the molecule is CCCc1c(-c2cc(C)cc(C)c2)[nH]c2c(Br)cc(C(C)(C)C(=O)N3CCCC3)cc12. The van der Waals surface area contributed by atoms with E-state index in [-0.39, 0.29) is 5.91 Å². The van der Waals surface area contributed by atoms with Gasteiger partial charge in [-0.1, -0.05) is 30.5 Å². The van der Waals surface area contributed by atoms with Crippen LogP contribution in [0.2, 0.25) is 0 Å². The molecule has 4 heteroatoms. The Labute approximate surface area is 194 Å². The summed E-state index contributed by atoms with van der Waals surface area (Å²) in [4.78, 5) is 19.1. The van der Waals surface area contributed by atoms with Crippen molar-refractivity contribution >= 4 is 32.7 Å². The molecule has 0 aliphatic carbocycles. The Balaban J connectivity index is 1.88. The molecule has 1 aliphatic rings. The van der Waals surface area contributed by atoms with E-state index in [1.807, 2.05) is 4.90 Å². The normalized spacial score (nSPS) is 14.6. The van der Waals surface area contributed by atoms with E-state index in [9.17, 15) is 4.79 Å². The number of carbonyl (C=O) groups is 1.